The molecule has 0 bridgehead atoms. The van der Waals surface area contributed by atoms with E-state index in [1.165, 1.54) is 24.3 Å². The van der Waals surface area contributed by atoms with E-state index in [1.54, 1.807) is 38.1 Å². The predicted octanol–water partition coefficient (Wildman–Crippen LogP) is 2.26. The van der Waals surface area contributed by atoms with E-state index in [9.17, 15) is 26.4 Å². The van der Waals surface area contributed by atoms with E-state index >= 15 is 0 Å². The maximum absolute atomic E-state index is 12.0. The van der Waals surface area contributed by atoms with Crippen LogP contribution in [0.3, 0.4) is 0 Å². The van der Waals surface area contributed by atoms with Crippen LogP contribution in [-0.2, 0) is 33.1 Å². The Balaban J connectivity index is 0.000000220. The molecule has 14 heteroatoms. The second-order valence-electron chi connectivity index (χ2n) is 8.47. The lowest BCUT2D eigenvalue weighted by Gasteiger charge is -2.06. The molecule has 0 aliphatic rings. The number of nitrogens with one attached hydrogen (secondary N) is 2. The lowest BCUT2D eigenvalue weighted by Crippen LogP contribution is -2.23. The molecule has 0 aliphatic heterocycles. The fraction of sp³-hybridized carbons (Fsp3) is 0.154. The van der Waals surface area contributed by atoms with E-state index < -0.39 is 42.4 Å². The van der Waals surface area contributed by atoms with Gasteiger partial charge in [0.1, 0.15) is 24.0 Å². The Hall–Kier alpha value is -4.24. The van der Waals surface area contributed by atoms with Crippen molar-refractivity contribution in [3.05, 3.63) is 116 Å². The maximum atomic E-state index is 12.0. The van der Waals surface area contributed by atoms with E-state index in [0.29, 0.717) is 0 Å². The first-order valence-corrected chi connectivity index (χ1v) is 14.5. The summed E-state index contributed by atoms with van der Waals surface area (Å²) in [6.45, 7) is 3.23. The van der Waals surface area contributed by atoms with Crippen LogP contribution in [0.25, 0.3) is 0 Å². The molecule has 0 saturated carbocycles. The molecule has 2 heterocycles. The van der Waals surface area contributed by atoms with Crippen molar-refractivity contribution in [1.29, 1.82) is 0 Å². The van der Waals surface area contributed by atoms with Gasteiger partial charge in [0.25, 0.3) is 0 Å². The van der Waals surface area contributed by atoms with E-state index in [0.717, 1.165) is 35.8 Å². The molecule has 0 spiro atoms. The van der Waals surface area contributed by atoms with Crippen LogP contribution < -0.4 is 20.3 Å². The quantitative estimate of drug-likeness (QED) is 0.236. The van der Waals surface area contributed by atoms with Gasteiger partial charge < -0.3 is 19.0 Å². The van der Waals surface area contributed by atoms with Crippen LogP contribution in [-0.4, -0.2) is 27.0 Å². The highest BCUT2D eigenvalue weighted by atomic mass is 32.2. The Labute approximate surface area is 229 Å². The highest BCUT2D eigenvalue weighted by Crippen LogP contribution is 2.13. The molecule has 2 aromatic carbocycles. The third-order valence-corrected chi connectivity index (χ3v) is 8.00. The molecular weight excluding hydrogens is 564 g/mol. The van der Waals surface area contributed by atoms with Gasteiger partial charge in [-0.05, 0) is 49.2 Å². The fourth-order valence-corrected chi connectivity index (χ4v) is 5.33. The van der Waals surface area contributed by atoms with Gasteiger partial charge in [-0.2, -0.15) is 0 Å². The third-order valence-electron chi connectivity index (χ3n) is 5.21. The summed E-state index contributed by atoms with van der Waals surface area (Å²) in [5.74, 6) is -0.807. The lowest BCUT2D eigenvalue weighted by atomic mass is 10.2. The van der Waals surface area contributed by atoms with Gasteiger partial charge in [-0.1, -0.05) is 24.3 Å². The fourth-order valence-electron chi connectivity index (χ4n) is 3.14. The summed E-state index contributed by atoms with van der Waals surface area (Å²) < 4.78 is 62.6. The second-order valence-corrected chi connectivity index (χ2v) is 12.0. The predicted molar refractivity (Wildman–Crippen MR) is 144 cm³/mol. The minimum absolute atomic E-state index is 0.115. The van der Waals surface area contributed by atoms with Crippen molar-refractivity contribution >= 4 is 20.0 Å². The number of sulfonamides is 2. The van der Waals surface area contributed by atoms with Crippen LogP contribution in [0.1, 0.15) is 22.6 Å². The molecule has 40 heavy (non-hydrogen) atoms. The molecule has 0 radical (unpaired) electrons. The van der Waals surface area contributed by atoms with Crippen LogP contribution in [0.4, 0.5) is 0 Å². The van der Waals surface area contributed by atoms with Crippen molar-refractivity contribution in [3.8, 4) is 11.5 Å². The molecule has 212 valence electrons. The molecule has 0 aliphatic carbocycles. The minimum atomic E-state index is -3.68. The van der Waals surface area contributed by atoms with Crippen LogP contribution in [0.5, 0.6) is 11.5 Å². The van der Waals surface area contributed by atoms with Crippen molar-refractivity contribution in [1.82, 2.24) is 9.44 Å². The van der Waals surface area contributed by atoms with Crippen molar-refractivity contribution in [3.63, 3.8) is 0 Å². The first-order chi connectivity index (χ1) is 18.8. The molecule has 0 fully saturated rings. The molecule has 0 amide bonds. The number of hydrogen-bond acceptors (Lipinski definition) is 10. The van der Waals surface area contributed by atoms with Gasteiger partial charge in [0.15, 0.2) is 11.5 Å². The highest BCUT2D eigenvalue weighted by Gasteiger charge is 2.16. The van der Waals surface area contributed by atoms with Crippen molar-refractivity contribution in [2.75, 3.05) is 0 Å². The smallest absolute Gasteiger partial charge is 0.240 e. The zero-order chi connectivity index (χ0) is 29.5. The number of aromatic hydroxyl groups is 2. The van der Waals surface area contributed by atoms with Crippen molar-refractivity contribution in [2.45, 2.75) is 36.7 Å². The summed E-state index contributed by atoms with van der Waals surface area (Å²) in [7, 11) is -7.36. The zero-order valence-electron chi connectivity index (χ0n) is 21.3. The van der Waals surface area contributed by atoms with Gasteiger partial charge in [0.2, 0.25) is 30.9 Å². The molecule has 4 N–H and O–H groups in total. The first-order valence-electron chi connectivity index (χ1n) is 11.5. The molecule has 0 atom stereocenters. The first kappa shape index (κ1) is 30.3. The molecular formula is C26H26N2O10S2. The number of rotatable bonds is 8. The molecule has 2 aromatic heterocycles. The lowest BCUT2D eigenvalue weighted by molar-refractivity contribution is 0.411. The van der Waals surface area contributed by atoms with E-state index in [4.69, 9.17) is 19.0 Å². The third kappa shape index (κ3) is 8.38. The van der Waals surface area contributed by atoms with Gasteiger partial charge in [0, 0.05) is 12.1 Å². The maximum Gasteiger partial charge on any atom is 0.240 e. The molecule has 0 saturated heterocycles. The Bertz CT molecular complexity index is 1690. The van der Waals surface area contributed by atoms with Crippen LogP contribution >= 0.6 is 0 Å². The van der Waals surface area contributed by atoms with E-state index in [2.05, 4.69) is 9.44 Å². The summed E-state index contributed by atoms with van der Waals surface area (Å²) in [5.41, 5.74) is 0.398. The van der Waals surface area contributed by atoms with Crippen LogP contribution in [0.2, 0.25) is 0 Å². The number of benzene rings is 2. The standard InChI is InChI=1S/2C13H13NO5S/c2*1-9-3-2-4-11(5-9)20(17,18)14-7-10-6-12(15)13(16)8-19-10/h2*2-6,8,14,16H,7H2,1H3. The largest absolute Gasteiger partial charge is 0.502 e. The minimum Gasteiger partial charge on any atom is -0.502 e. The van der Waals surface area contributed by atoms with Crippen molar-refractivity contribution in [2.24, 2.45) is 0 Å². The van der Waals surface area contributed by atoms with Crippen LogP contribution in [0, 0.1) is 13.8 Å². The Morgan fingerprint density at radius 1 is 0.650 bits per heavy atom. The SMILES string of the molecule is Cc1cccc(S(=O)(=O)NCc2cc(=O)c(O)co2)c1.Cc1cccc(S(=O)(=O)NCc2cc(=O)c(O)co2)c1. The van der Waals surface area contributed by atoms with Gasteiger partial charge in [-0.3, -0.25) is 9.59 Å². The van der Waals surface area contributed by atoms with Gasteiger partial charge in [-0.25, -0.2) is 26.3 Å². The average molecular weight is 591 g/mol. The number of aryl methyl sites for hydroxylation is 2. The van der Waals surface area contributed by atoms with Gasteiger partial charge in [-0.15, -0.1) is 0 Å². The normalized spacial score (nSPS) is 11.4. The van der Waals surface area contributed by atoms with Crippen LogP contribution in [0.15, 0.2) is 101 Å². The molecule has 0 unspecified atom stereocenters. The average Bonchev–Trinajstić information content (AvgIpc) is 2.90. The van der Waals surface area contributed by atoms with E-state index in [-0.39, 0.29) is 34.4 Å². The highest BCUT2D eigenvalue weighted by molar-refractivity contribution is 7.89. The Morgan fingerprint density at radius 2 is 1.02 bits per heavy atom. The summed E-state index contributed by atoms with van der Waals surface area (Å²) >= 11 is 0. The monoisotopic (exact) mass is 590 g/mol. The second kappa shape index (κ2) is 12.7. The summed E-state index contributed by atoms with van der Waals surface area (Å²) in [6.07, 6.45) is 1.75. The molecule has 12 nitrogen and oxygen atoms in total. The summed E-state index contributed by atoms with van der Waals surface area (Å²) in [5, 5.41) is 18.1. The van der Waals surface area contributed by atoms with Gasteiger partial charge >= 0.3 is 0 Å². The zero-order valence-corrected chi connectivity index (χ0v) is 23.0. The topological polar surface area (TPSA) is 193 Å². The van der Waals surface area contributed by atoms with E-state index in [1.807, 2.05) is 0 Å². The Kier molecular flexibility index (Phi) is 9.65. The Morgan fingerprint density at radius 3 is 1.35 bits per heavy atom. The molecule has 4 aromatic rings. The van der Waals surface area contributed by atoms with Gasteiger partial charge in [0.05, 0.1) is 22.9 Å². The number of hydrogen-bond donors (Lipinski definition) is 4. The molecule has 4 rings (SSSR count). The summed E-state index contributed by atoms with van der Waals surface area (Å²) in [4.78, 5) is 22.7. The summed E-state index contributed by atoms with van der Waals surface area (Å²) in [6, 6.07) is 15.0. The van der Waals surface area contributed by atoms with Crippen molar-refractivity contribution < 1.29 is 35.9 Å².